The summed E-state index contributed by atoms with van der Waals surface area (Å²) < 4.78 is 2.75. The standard InChI is InChI=1S/C17H12BrN3O/c18-13-5-7-14(8-6-13)20-17(22)11-21-10-12(9-19)15-3-1-2-4-16(15)21/h1-8,10H,11H2,(H,20,22). The molecule has 3 rings (SSSR count). The predicted molar refractivity (Wildman–Crippen MR) is 89.4 cm³/mol. The molecule has 1 aromatic heterocycles. The smallest absolute Gasteiger partial charge is 0.244 e. The third-order valence-electron chi connectivity index (χ3n) is 3.35. The van der Waals surface area contributed by atoms with Crippen molar-refractivity contribution in [3.63, 3.8) is 0 Å². The number of para-hydroxylation sites is 1. The first kappa shape index (κ1) is 14.4. The summed E-state index contributed by atoms with van der Waals surface area (Å²) in [6, 6.07) is 17.1. The Bertz CT molecular complexity index is 875. The number of carbonyl (C=O) groups is 1. The molecule has 0 saturated heterocycles. The number of aromatic nitrogens is 1. The summed E-state index contributed by atoms with van der Waals surface area (Å²) in [4.78, 5) is 12.2. The van der Waals surface area contributed by atoms with Gasteiger partial charge in [0.25, 0.3) is 0 Å². The van der Waals surface area contributed by atoms with E-state index in [1.165, 1.54) is 0 Å². The molecule has 22 heavy (non-hydrogen) atoms. The molecule has 5 heteroatoms. The Kier molecular flexibility index (Phi) is 3.94. The molecule has 0 atom stereocenters. The van der Waals surface area contributed by atoms with Crippen LogP contribution in [-0.4, -0.2) is 10.5 Å². The van der Waals surface area contributed by atoms with Gasteiger partial charge in [0, 0.05) is 27.3 Å². The van der Waals surface area contributed by atoms with E-state index in [0.717, 1.165) is 21.1 Å². The Morgan fingerprint density at radius 1 is 1.18 bits per heavy atom. The van der Waals surface area contributed by atoms with Crippen molar-refractivity contribution in [2.45, 2.75) is 6.54 Å². The number of nitriles is 1. The summed E-state index contributed by atoms with van der Waals surface area (Å²) in [5, 5.41) is 12.9. The molecule has 1 amide bonds. The molecule has 0 aliphatic carbocycles. The maximum atomic E-state index is 12.2. The minimum atomic E-state index is -0.132. The van der Waals surface area contributed by atoms with Gasteiger partial charge in [0.15, 0.2) is 0 Å². The number of carbonyl (C=O) groups excluding carboxylic acids is 1. The van der Waals surface area contributed by atoms with E-state index in [-0.39, 0.29) is 12.5 Å². The van der Waals surface area contributed by atoms with Crippen molar-refractivity contribution in [3.05, 3.63) is 64.8 Å². The lowest BCUT2D eigenvalue weighted by Crippen LogP contribution is -2.18. The largest absolute Gasteiger partial charge is 0.337 e. The van der Waals surface area contributed by atoms with Gasteiger partial charge in [0.1, 0.15) is 12.6 Å². The highest BCUT2D eigenvalue weighted by Crippen LogP contribution is 2.21. The molecule has 0 aliphatic heterocycles. The van der Waals surface area contributed by atoms with Gasteiger partial charge in [0.2, 0.25) is 5.91 Å². The molecule has 1 heterocycles. The number of halogens is 1. The average Bonchev–Trinajstić information content (AvgIpc) is 2.88. The van der Waals surface area contributed by atoms with Crippen LogP contribution in [0.25, 0.3) is 10.9 Å². The molecule has 0 spiro atoms. The summed E-state index contributed by atoms with van der Waals surface area (Å²) in [6.45, 7) is 0.165. The lowest BCUT2D eigenvalue weighted by molar-refractivity contribution is -0.116. The number of hydrogen-bond donors (Lipinski definition) is 1. The zero-order valence-corrected chi connectivity index (χ0v) is 13.2. The highest BCUT2D eigenvalue weighted by molar-refractivity contribution is 9.10. The van der Waals surface area contributed by atoms with Crippen molar-refractivity contribution in [1.82, 2.24) is 4.57 Å². The van der Waals surface area contributed by atoms with E-state index in [4.69, 9.17) is 0 Å². The van der Waals surface area contributed by atoms with E-state index in [9.17, 15) is 10.1 Å². The minimum absolute atomic E-state index is 0.132. The summed E-state index contributed by atoms with van der Waals surface area (Å²) >= 11 is 3.36. The Balaban J connectivity index is 1.82. The highest BCUT2D eigenvalue weighted by Gasteiger charge is 2.10. The molecule has 2 aromatic carbocycles. The molecular formula is C17H12BrN3O. The number of benzene rings is 2. The molecule has 0 bridgehead atoms. The van der Waals surface area contributed by atoms with Crippen LogP contribution in [0.15, 0.2) is 59.2 Å². The molecule has 3 aromatic rings. The third-order valence-corrected chi connectivity index (χ3v) is 3.88. The number of anilines is 1. The van der Waals surface area contributed by atoms with Crippen LogP contribution >= 0.6 is 15.9 Å². The molecule has 0 unspecified atom stereocenters. The van der Waals surface area contributed by atoms with Crippen LogP contribution in [0.4, 0.5) is 5.69 Å². The van der Waals surface area contributed by atoms with Crippen molar-refractivity contribution in [2.75, 3.05) is 5.32 Å². The Morgan fingerprint density at radius 2 is 1.91 bits per heavy atom. The van der Waals surface area contributed by atoms with Crippen LogP contribution in [0.5, 0.6) is 0 Å². The topological polar surface area (TPSA) is 57.8 Å². The maximum Gasteiger partial charge on any atom is 0.244 e. The molecule has 0 fully saturated rings. The van der Waals surface area contributed by atoms with Crippen LogP contribution in [0, 0.1) is 11.3 Å². The number of amides is 1. The first-order chi connectivity index (χ1) is 10.7. The Morgan fingerprint density at radius 3 is 2.64 bits per heavy atom. The number of nitrogens with one attached hydrogen (secondary N) is 1. The van der Waals surface area contributed by atoms with Crippen LogP contribution in [0.1, 0.15) is 5.56 Å². The zero-order valence-electron chi connectivity index (χ0n) is 11.6. The van der Waals surface area contributed by atoms with Gasteiger partial charge in [-0.2, -0.15) is 5.26 Å². The summed E-state index contributed by atoms with van der Waals surface area (Å²) in [7, 11) is 0. The van der Waals surface area contributed by atoms with Crippen molar-refractivity contribution in [2.24, 2.45) is 0 Å². The van der Waals surface area contributed by atoms with Crippen molar-refractivity contribution in [1.29, 1.82) is 5.26 Å². The summed E-state index contributed by atoms with van der Waals surface area (Å²) in [5.41, 5.74) is 2.20. The van der Waals surface area contributed by atoms with Gasteiger partial charge in [-0.25, -0.2) is 0 Å². The second kappa shape index (κ2) is 6.04. The molecule has 0 radical (unpaired) electrons. The molecule has 4 nitrogen and oxygen atoms in total. The SMILES string of the molecule is N#Cc1cn(CC(=O)Nc2ccc(Br)cc2)c2ccccc12. The van der Waals surface area contributed by atoms with E-state index in [0.29, 0.717) is 5.56 Å². The van der Waals surface area contributed by atoms with Crippen LogP contribution in [-0.2, 0) is 11.3 Å². The number of rotatable bonds is 3. The Labute approximate surface area is 136 Å². The molecule has 108 valence electrons. The molecule has 0 aliphatic rings. The van der Waals surface area contributed by atoms with E-state index < -0.39 is 0 Å². The summed E-state index contributed by atoms with van der Waals surface area (Å²) in [5.74, 6) is -0.132. The van der Waals surface area contributed by atoms with Gasteiger partial charge < -0.3 is 9.88 Å². The van der Waals surface area contributed by atoms with Crippen molar-refractivity contribution in [3.8, 4) is 6.07 Å². The van der Waals surface area contributed by atoms with E-state index in [1.807, 2.05) is 48.5 Å². The minimum Gasteiger partial charge on any atom is -0.337 e. The summed E-state index contributed by atoms with van der Waals surface area (Å²) in [6.07, 6.45) is 1.71. The number of nitrogens with zero attached hydrogens (tertiary/aromatic N) is 2. The molecule has 0 saturated carbocycles. The van der Waals surface area contributed by atoms with E-state index in [2.05, 4.69) is 27.3 Å². The van der Waals surface area contributed by atoms with E-state index in [1.54, 1.807) is 10.8 Å². The second-order valence-electron chi connectivity index (χ2n) is 4.85. The number of fused-ring (bicyclic) bond motifs is 1. The van der Waals surface area contributed by atoms with Crippen molar-refractivity contribution >= 4 is 38.4 Å². The predicted octanol–water partition coefficient (Wildman–Crippen LogP) is 3.91. The van der Waals surface area contributed by atoms with Gasteiger partial charge in [-0.1, -0.05) is 34.1 Å². The molecule has 1 N–H and O–H groups in total. The first-order valence-electron chi connectivity index (χ1n) is 6.71. The van der Waals surface area contributed by atoms with Gasteiger partial charge in [-0.05, 0) is 30.3 Å². The number of hydrogen-bond acceptors (Lipinski definition) is 2. The van der Waals surface area contributed by atoms with E-state index >= 15 is 0 Å². The fourth-order valence-corrected chi connectivity index (χ4v) is 2.62. The third kappa shape index (κ3) is 2.87. The van der Waals surface area contributed by atoms with Crippen molar-refractivity contribution < 1.29 is 4.79 Å². The Hall–Kier alpha value is -2.58. The average molecular weight is 354 g/mol. The first-order valence-corrected chi connectivity index (χ1v) is 7.50. The van der Waals surface area contributed by atoms with Gasteiger partial charge >= 0.3 is 0 Å². The van der Waals surface area contributed by atoms with Crippen LogP contribution in [0.2, 0.25) is 0 Å². The second-order valence-corrected chi connectivity index (χ2v) is 5.77. The van der Waals surface area contributed by atoms with Gasteiger partial charge in [0.05, 0.1) is 5.56 Å². The van der Waals surface area contributed by atoms with Crippen LogP contribution in [0.3, 0.4) is 0 Å². The quantitative estimate of drug-likeness (QED) is 0.775. The fourth-order valence-electron chi connectivity index (χ4n) is 2.36. The van der Waals surface area contributed by atoms with Gasteiger partial charge in [-0.3, -0.25) is 4.79 Å². The zero-order chi connectivity index (χ0) is 15.5. The lowest BCUT2D eigenvalue weighted by Gasteiger charge is -2.07. The monoisotopic (exact) mass is 353 g/mol. The van der Waals surface area contributed by atoms with Gasteiger partial charge in [-0.15, -0.1) is 0 Å². The maximum absolute atomic E-state index is 12.2. The molecular weight excluding hydrogens is 342 g/mol. The highest BCUT2D eigenvalue weighted by atomic mass is 79.9. The fraction of sp³-hybridized carbons (Fsp3) is 0.0588. The normalized spacial score (nSPS) is 10.4. The van der Waals surface area contributed by atoms with Crippen LogP contribution < -0.4 is 5.32 Å². The lowest BCUT2D eigenvalue weighted by atomic mass is 10.2.